The van der Waals surface area contributed by atoms with Gasteiger partial charge in [-0.1, -0.05) is 18.2 Å². The van der Waals surface area contributed by atoms with Gasteiger partial charge in [-0.05, 0) is 55.3 Å². The van der Waals surface area contributed by atoms with Gasteiger partial charge in [-0.2, -0.15) is 5.10 Å². The lowest BCUT2D eigenvalue weighted by Gasteiger charge is -2.31. The lowest BCUT2D eigenvalue weighted by Crippen LogP contribution is -2.33. The number of aromatic nitrogens is 4. The molecule has 1 aliphatic rings. The number of carbonyl (C=O) groups is 1. The van der Waals surface area contributed by atoms with E-state index in [1.54, 1.807) is 0 Å². The molecule has 2 aromatic heterocycles. The molecule has 0 bridgehead atoms. The fourth-order valence-corrected chi connectivity index (χ4v) is 4.23. The number of aldehydes is 1. The van der Waals surface area contributed by atoms with Crippen molar-refractivity contribution in [1.82, 2.24) is 24.6 Å². The molecule has 0 aliphatic carbocycles. The number of fused-ring (bicyclic) bond motifs is 1. The highest BCUT2D eigenvalue weighted by Gasteiger charge is 2.25. The van der Waals surface area contributed by atoms with E-state index < -0.39 is 0 Å². The number of para-hydroxylation sites is 1. The number of benzene rings is 2. The second-order valence-corrected chi connectivity index (χ2v) is 7.96. The molecule has 3 heterocycles. The molecule has 33 heavy (non-hydrogen) atoms. The van der Waals surface area contributed by atoms with Gasteiger partial charge in [0.15, 0.2) is 5.65 Å². The molecule has 0 spiro atoms. The molecule has 2 aromatic carbocycles. The van der Waals surface area contributed by atoms with Gasteiger partial charge in [0.25, 0.3) is 0 Å². The molecule has 0 amide bonds. The second-order valence-electron chi connectivity index (χ2n) is 7.96. The maximum atomic E-state index is 10.7. The molecule has 8 heteroatoms. The number of nitrogens with two attached hydrogens (primary N) is 1. The number of hydrogen-bond acceptors (Lipinski definition) is 7. The molecule has 0 saturated carbocycles. The highest BCUT2D eigenvalue weighted by Crippen LogP contribution is 2.34. The highest BCUT2D eigenvalue weighted by molar-refractivity contribution is 5.98. The number of nitrogens with zero attached hydrogens (tertiary/aromatic N) is 5. The third-order valence-electron chi connectivity index (χ3n) is 5.77. The van der Waals surface area contributed by atoms with Crippen molar-refractivity contribution >= 4 is 23.1 Å². The number of piperidine rings is 1. The number of rotatable bonds is 6. The minimum Gasteiger partial charge on any atom is -0.457 e. The number of hydrogen-bond donors (Lipinski definition) is 1. The van der Waals surface area contributed by atoms with Crippen molar-refractivity contribution in [3.05, 3.63) is 73.2 Å². The zero-order valence-electron chi connectivity index (χ0n) is 18.0. The molecule has 0 radical (unpaired) electrons. The van der Waals surface area contributed by atoms with Crippen LogP contribution in [0.2, 0.25) is 0 Å². The SMILES string of the molecule is Nc1ncnc2c1c(-c1ccc(Oc3ccccc3)cc1)nn2C1CCCN(C=CC=O)C1. The smallest absolute Gasteiger partial charge is 0.164 e. The van der Waals surface area contributed by atoms with Crippen LogP contribution in [0.5, 0.6) is 11.5 Å². The summed E-state index contributed by atoms with van der Waals surface area (Å²) in [5, 5.41) is 5.69. The van der Waals surface area contributed by atoms with E-state index in [2.05, 4.69) is 14.9 Å². The number of allylic oxidation sites excluding steroid dienone is 1. The van der Waals surface area contributed by atoms with Gasteiger partial charge in [-0.3, -0.25) is 4.79 Å². The van der Waals surface area contributed by atoms with Crippen LogP contribution in [0.25, 0.3) is 22.3 Å². The van der Waals surface area contributed by atoms with Crippen LogP contribution in [0.3, 0.4) is 0 Å². The lowest BCUT2D eigenvalue weighted by molar-refractivity contribution is -0.104. The van der Waals surface area contributed by atoms with Gasteiger partial charge in [0.2, 0.25) is 0 Å². The Morgan fingerprint density at radius 2 is 1.82 bits per heavy atom. The third kappa shape index (κ3) is 4.27. The van der Waals surface area contributed by atoms with Crippen molar-refractivity contribution in [2.45, 2.75) is 18.9 Å². The van der Waals surface area contributed by atoms with Gasteiger partial charge in [0.05, 0.1) is 11.4 Å². The Kier molecular flexibility index (Phi) is 5.72. The van der Waals surface area contributed by atoms with E-state index in [-0.39, 0.29) is 6.04 Å². The summed E-state index contributed by atoms with van der Waals surface area (Å²) in [5.74, 6) is 1.92. The largest absolute Gasteiger partial charge is 0.457 e. The molecule has 1 aliphatic heterocycles. The molecule has 1 unspecified atom stereocenters. The Hall–Kier alpha value is -4.20. The number of ether oxygens (including phenoxy) is 1. The van der Waals surface area contributed by atoms with Crippen LogP contribution in [0.4, 0.5) is 5.82 Å². The monoisotopic (exact) mass is 440 g/mol. The van der Waals surface area contributed by atoms with E-state index in [1.807, 2.05) is 65.5 Å². The van der Waals surface area contributed by atoms with Gasteiger partial charge >= 0.3 is 0 Å². The van der Waals surface area contributed by atoms with Gasteiger partial charge in [-0.25, -0.2) is 14.6 Å². The maximum Gasteiger partial charge on any atom is 0.164 e. The van der Waals surface area contributed by atoms with Crippen molar-refractivity contribution in [2.75, 3.05) is 18.8 Å². The Balaban J connectivity index is 1.49. The summed E-state index contributed by atoms with van der Waals surface area (Å²) in [4.78, 5) is 21.6. The zero-order valence-corrected chi connectivity index (χ0v) is 18.0. The second kappa shape index (κ2) is 9.12. The minimum absolute atomic E-state index is 0.112. The van der Waals surface area contributed by atoms with E-state index in [0.29, 0.717) is 11.5 Å². The van der Waals surface area contributed by atoms with Crippen molar-refractivity contribution < 1.29 is 9.53 Å². The summed E-state index contributed by atoms with van der Waals surface area (Å²) in [6.45, 7) is 1.65. The van der Waals surface area contributed by atoms with Crippen LogP contribution in [-0.2, 0) is 4.79 Å². The van der Waals surface area contributed by atoms with Crippen molar-refractivity contribution in [1.29, 1.82) is 0 Å². The van der Waals surface area contributed by atoms with Gasteiger partial charge in [-0.15, -0.1) is 0 Å². The van der Waals surface area contributed by atoms with Crippen molar-refractivity contribution in [3.63, 3.8) is 0 Å². The zero-order chi connectivity index (χ0) is 22.6. The van der Waals surface area contributed by atoms with Crippen LogP contribution >= 0.6 is 0 Å². The fraction of sp³-hybridized carbons (Fsp3) is 0.200. The van der Waals surface area contributed by atoms with Crippen LogP contribution in [0.15, 0.2) is 73.2 Å². The molecular weight excluding hydrogens is 416 g/mol. The van der Waals surface area contributed by atoms with E-state index in [9.17, 15) is 4.79 Å². The minimum atomic E-state index is 0.112. The molecule has 2 N–H and O–H groups in total. The number of nitrogen functional groups attached to an aromatic ring is 1. The predicted octanol–water partition coefficient (Wildman–Crippen LogP) is 4.22. The summed E-state index contributed by atoms with van der Waals surface area (Å²) < 4.78 is 7.87. The Labute approximate surface area is 191 Å². The summed E-state index contributed by atoms with van der Waals surface area (Å²) >= 11 is 0. The van der Waals surface area contributed by atoms with Crippen LogP contribution in [-0.4, -0.2) is 44.0 Å². The molecule has 1 fully saturated rings. The summed E-state index contributed by atoms with van der Waals surface area (Å²) in [5.41, 5.74) is 8.65. The third-order valence-corrected chi connectivity index (χ3v) is 5.77. The van der Waals surface area contributed by atoms with E-state index >= 15 is 0 Å². The number of anilines is 1. The molecule has 1 atom stereocenters. The van der Waals surface area contributed by atoms with Crippen molar-refractivity contribution in [3.8, 4) is 22.8 Å². The van der Waals surface area contributed by atoms with E-state index in [0.717, 1.165) is 60.4 Å². The predicted molar refractivity (Wildman–Crippen MR) is 127 cm³/mol. The molecule has 1 saturated heterocycles. The normalized spacial score (nSPS) is 16.4. The fourth-order valence-electron chi connectivity index (χ4n) is 4.23. The maximum absolute atomic E-state index is 10.7. The topological polar surface area (TPSA) is 99.2 Å². The molecular formula is C25H24N6O2. The number of carbonyl (C=O) groups excluding carboxylic acids is 1. The Morgan fingerprint density at radius 3 is 2.61 bits per heavy atom. The van der Waals surface area contributed by atoms with Gasteiger partial charge < -0.3 is 15.4 Å². The molecule has 5 rings (SSSR count). The first-order chi connectivity index (χ1) is 16.2. The van der Waals surface area contributed by atoms with Crippen LogP contribution in [0, 0.1) is 0 Å². The van der Waals surface area contributed by atoms with E-state index in [4.69, 9.17) is 15.6 Å². The van der Waals surface area contributed by atoms with Crippen LogP contribution in [0.1, 0.15) is 18.9 Å². The Morgan fingerprint density at radius 1 is 1.03 bits per heavy atom. The average Bonchev–Trinajstić information content (AvgIpc) is 3.25. The highest BCUT2D eigenvalue weighted by atomic mass is 16.5. The summed E-state index contributed by atoms with van der Waals surface area (Å²) in [6.07, 6.45) is 7.59. The number of likely N-dealkylation sites (tertiary alicyclic amines) is 1. The summed E-state index contributed by atoms with van der Waals surface area (Å²) in [6, 6.07) is 17.5. The Bertz CT molecular complexity index is 1280. The van der Waals surface area contributed by atoms with Gasteiger partial charge in [0, 0.05) is 24.9 Å². The van der Waals surface area contributed by atoms with Crippen LogP contribution < -0.4 is 10.5 Å². The van der Waals surface area contributed by atoms with Gasteiger partial charge in [0.1, 0.15) is 35.6 Å². The van der Waals surface area contributed by atoms with Crippen molar-refractivity contribution in [2.24, 2.45) is 0 Å². The lowest BCUT2D eigenvalue weighted by atomic mass is 10.1. The quantitative estimate of drug-likeness (QED) is 0.354. The first kappa shape index (κ1) is 20.7. The first-order valence-electron chi connectivity index (χ1n) is 10.9. The summed E-state index contributed by atoms with van der Waals surface area (Å²) in [7, 11) is 0. The molecule has 8 nitrogen and oxygen atoms in total. The molecule has 166 valence electrons. The first-order valence-corrected chi connectivity index (χ1v) is 10.9. The molecule has 4 aromatic rings. The van der Waals surface area contributed by atoms with E-state index in [1.165, 1.54) is 12.4 Å². The standard InChI is InChI=1S/C25H24N6O2/c26-24-22-23(18-9-11-21(12-10-18)33-20-7-2-1-3-8-20)29-31(25(22)28-17-27-24)19-6-4-13-30(16-19)14-5-15-32/h1-3,5,7-12,14-15,17,19H,4,6,13,16H2,(H2,26,27,28). The average molecular weight is 441 g/mol.